The van der Waals surface area contributed by atoms with Crippen molar-refractivity contribution in [3.8, 4) is 0 Å². The molecule has 5 heteroatoms. The number of para-hydroxylation sites is 1. The van der Waals surface area contributed by atoms with Gasteiger partial charge in [0.2, 0.25) is 0 Å². The summed E-state index contributed by atoms with van der Waals surface area (Å²) in [4.78, 5) is 32.8. The third-order valence-electron chi connectivity index (χ3n) is 4.69. The molecular formula is C22H30N2O3. The van der Waals surface area contributed by atoms with Gasteiger partial charge in [-0.3, -0.25) is 14.7 Å². The van der Waals surface area contributed by atoms with Crippen molar-refractivity contribution in [2.24, 2.45) is 0 Å². The fraction of sp³-hybridized carbons (Fsp3) is 0.500. The van der Waals surface area contributed by atoms with E-state index in [1.165, 1.54) is 0 Å². The molecule has 146 valence electrons. The molecule has 1 atom stereocenters. The Balaban J connectivity index is 2.66. The number of aromatic nitrogens is 1. The number of likely N-dealkylation sites (N-methyl/N-ethyl adjacent to an activating group) is 1. The first kappa shape index (κ1) is 21.0. The van der Waals surface area contributed by atoms with Crippen molar-refractivity contribution in [2.45, 2.75) is 53.0 Å². The van der Waals surface area contributed by atoms with Crippen LogP contribution in [-0.2, 0) is 14.9 Å². The van der Waals surface area contributed by atoms with Crippen LogP contribution in [0.25, 0.3) is 10.9 Å². The number of Topliss-reactive ketones (excluding diaryl/α,β-unsaturated/α-hetero) is 1. The number of rotatable bonds is 7. The SMILES string of the molecule is CCOC(=O)C(C(=O)c1cc(C(C)(C)C)nc2ccccc12)N(CC)CC. The number of benzene rings is 1. The molecule has 1 unspecified atom stereocenters. The maximum atomic E-state index is 13.5. The maximum Gasteiger partial charge on any atom is 0.331 e. The molecule has 0 spiro atoms. The second-order valence-electron chi connectivity index (χ2n) is 7.56. The van der Waals surface area contributed by atoms with Crippen LogP contribution in [0.3, 0.4) is 0 Å². The predicted octanol–water partition coefficient (Wildman–Crippen LogP) is 3.99. The van der Waals surface area contributed by atoms with Gasteiger partial charge in [0.1, 0.15) is 0 Å². The molecule has 0 saturated carbocycles. The monoisotopic (exact) mass is 370 g/mol. The summed E-state index contributed by atoms with van der Waals surface area (Å²) < 4.78 is 5.22. The average Bonchev–Trinajstić information content (AvgIpc) is 2.63. The minimum Gasteiger partial charge on any atom is -0.464 e. The Morgan fingerprint density at radius 1 is 1.11 bits per heavy atom. The average molecular weight is 370 g/mol. The van der Waals surface area contributed by atoms with Crippen molar-refractivity contribution in [3.63, 3.8) is 0 Å². The number of carbonyl (C=O) groups is 2. The lowest BCUT2D eigenvalue weighted by Crippen LogP contribution is -2.47. The molecule has 0 radical (unpaired) electrons. The van der Waals surface area contributed by atoms with Crippen molar-refractivity contribution in [1.82, 2.24) is 9.88 Å². The van der Waals surface area contributed by atoms with Crippen LogP contribution in [0, 0.1) is 0 Å². The molecule has 2 aromatic rings. The molecular weight excluding hydrogens is 340 g/mol. The van der Waals surface area contributed by atoms with Gasteiger partial charge >= 0.3 is 5.97 Å². The second-order valence-corrected chi connectivity index (χ2v) is 7.56. The minimum absolute atomic E-state index is 0.215. The van der Waals surface area contributed by atoms with E-state index in [1.807, 2.05) is 49.1 Å². The summed E-state index contributed by atoms with van der Waals surface area (Å²) in [5.41, 5.74) is 1.89. The van der Waals surface area contributed by atoms with Gasteiger partial charge in [-0.1, -0.05) is 52.8 Å². The van der Waals surface area contributed by atoms with E-state index < -0.39 is 12.0 Å². The van der Waals surface area contributed by atoms with Crippen LogP contribution >= 0.6 is 0 Å². The number of pyridine rings is 1. The highest BCUT2D eigenvalue weighted by molar-refractivity contribution is 6.17. The quantitative estimate of drug-likeness (QED) is 0.419. The highest BCUT2D eigenvalue weighted by atomic mass is 16.5. The Morgan fingerprint density at radius 3 is 2.30 bits per heavy atom. The summed E-state index contributed by atoms with van der Waals surface area (Å²) in [5.74, 6) is -0.731. The van der Waals surface area contributed by atoms with Gasteiger partial charge in [0, 0.05) is 22.1 Å². The van der Waals surface area contributed by atoms with Gasteiger partial charge in [-0.25, -0.2) is 4.79 Å². The van der Waals surface area contributed by atoms with Gasteiger partial charge in [0.05, 0.1) is 12.1 Å². The van der Waals surface area contributed by atoms with Crippen molar-refractivity contribution in [2.75, 3.05) is 19.7 Å². The molecule has 2 rings (SSSR count). The topological polar surface area (TPSA) is 59.5 Å². The first-order valence-electron chi connectivity index (χ1n) is 9.59. The number of hydrogen-bond donors (Lipinski definition) is 0. The fourth-order valence-electron chi connectivity index (χ4n) is 3.14. The minimum atomic E-state index is -0.946. The van der Waals surface area contributed by atoms with Crippen LogP contribution in [0.2, 0.25) is 0 Å². The van der Waals surface area contributed by atoms with Crippen molar-refractivity contribution < 1.29 is 14.3 Å². The summed E-state index contributed by atoms with van der Waals surface area (Å²) in [5, 5.41) is 0.761. The number of esters is 1. The Morgan fingerprint density at radius 2 is 1.74 bits per heavy atom. The lowest BCUT2D eigenvalue weighted by molar-refractivity contribution is -0.147. The van der Waals surface area contributed by atoms with Crippen LogP contribution in [-0.4, -0.2) is 47.4 Å². The lowest BCUT2D eigenvalue weighted by atomic mass is 9.88. The third-order valence-corrected chi connectivity index (χ3v) is 4.69. The number of ketones is 1. The Labute approximate surface area is 161 Å². The molecule has 0 saturated heterocycles. The zero-order valence-electron chi connectivity index (χ0n) is 17.2. The van der Waals surface area contributed by atoms with Crippen molar-refractivity contribution in [3.05, 3.63) is 41.6 Å². The standard InChI is InChI=1S/C22H30N2O3/c1-7-24(8-2)19(21(26)27-9-3)20(25)16-14-18(22(4,5)6)23-17-13-11-10-12-15(16)17/h10-14,19H,7-9H2,1-6H3. The van der Waals surface area contributed by atoms with Crippen LogP contribution in [0.1, 0.15) is 57.6 Å². The summed E-state index contributed by atoms with van der Waals surface area (Å²) in [6.07, 6.45) is 0. The summed E-state index contributed by atoms with van der Waals surface area (Å²) in [6, 6.07) is 8.46. The van der Waals surface area contributed by atoms with Gasteiger partial charge in [-0.2, -0.15) is 0 Å². The zero-order valence-corrected chi connectivity index (χ0v) is 17.2. The number of hydrogen-bond acceptors (Lipinski definition) is 5. The molecule has 0 aliphatic heterocycles. The number of carbonyl (C=O) groups excluding carboxylic acids is 2. The van der Waals surface area contributed by atoms with E-state index in [1.54, 1.807) is 6.92 Å². The third kappa shape index (κ3) is 4.53. The second kappa shape index (κ2) is 8.61. The van der Waals surface area contributed by atoms with E-state index in [4.69, 9.17) is 9.72 Å². The molecule has 1 heterocycles. The van der Waals surface area contributed by atoms with Crippen LogP contribution in [0.15, 0.2) is 30.3 Å². The molecule has 0 fully saturated rings. The maximum absolute atomic E-state index is 13.5. The number of ether oxygens (including phenoxy) is 1. The summed E-state index contributed by atoms with van der Waals surface area (Å²) >= 11 is 0. The first-order valence-corrected chi connectivity index (χ1v) is 9.59. The Kier molecular flexibility index (Phi) is 6.71. The van der Waals surface area contributed by atoms with E-state index in [2.05, 4.69) is 20.8 Å². The number of nitrogens with zero attached hydrogens (tertiary/aromatic N) is 2. The zero-order chi connectivity index (χ0) is 20.2. The molecule has 0 N–H and O–H groups in total. The Bertz CT molecular complexity index is 820. The van der Waals surface area contributed by atoms with Gasteiger partial charge in [-0.05, 0) is 32.1 Å². The van der Waals surface area contributed by atoms with E-state index in [0.29, 0.717) is 18.7 Å². The molecule has 0 aliphatic rings. The van der Waals surface area contributed by atoms with E-state index in [9.17, 15) is 9.59 Å². The van der Waals surface area contributed by atoms with E-state index in [-0.39, 0.29) is 17.8 Å². The molecule has 1 aromatic carbocycles. The summed E-state index contributed by atoms with van der Waals surface area (Å²) in [7, 11) is 0. The molecule has 27 heavy (non-hydrogen) atoms. The smallest absolute Gasteiger partial charge is 0.331 e. The van der Waals surface area contributed by atoms with Crippen LogP contribution in [0.5, 0.6) is 0 Å². The molecule has 1 aromatic heterocycles. The molecule has 5 nitrogen and oxygen atoms in total. The van der Waals surface area contributed by atoms with Gasteiger partial charge in [-0.15, -0.1) is 0 Å². The summed E-state index contributed by atoms with van der Waals surface area (Å²) in [6.45, 7) is 13.2. The van der Waals surface area contributed by atoms with Crippen LogP contribution < -0.4 is 0 Å². The first-order chi connectivity index (χ1) is 12.7. The van der Waals surface area contributed by atoms with Crippen molar-refractivity contribution >= 4 is 22.7 Å². The number of fused-ring (bicyclic) bond motifs is 1. The highest BCUT2D eigenvalue weighted by Gasteiger charge is 2.35. The van der Waals surface area contributed by atoms with E-state index in [0.717, 1.165) is 16.6 Å². The van der Waals surface area contributed by atoms with Crippen molar-refractivity contribution in [1.29, 1.82) is 0 Å². The molecule has 0 amide bonds. The van der Waals surface area contributed by atoms with Crippen LogP contribution in [0.4, 0.5) is 0 Å². The fourth-order valence-corrected chi connectivity index (χ4v) is 3.14. The predicted molar refractivity (Wildman–Crippen MR) is 108 cm³/mol. The molecule has 0 aliphatic carbocycles. The largest absolute Gasteiger partial charge is 0.464 e. The van der Waals surface area contributed by atoms with Gasteiger partial charge in [0.15, 0.2) is 11.8 Å². The van der Waals surface area contributed by atoms with Gasteiger partial charge < -0.3 is 4.74 Å². The lowest BCUT2D eigenvalue weighted by Gasteiger charge is -2.27. The van der Waals surface area contributed by atoms with Gasteiger partial charge in [0.25, 0.3) is 0 Å². The van der Waals surface area contributed by atoms with E-state index >= 15 is 0 Å². The molecule has 0 bridgehead atoms. The highest BCUT2D eigenvalue weighted by Crippen LogP contribution is 2.27. The Hall–Kier alpha value is -2.27. The normalized spacial score (nSPS) is 13.0.